The van der Waals surface area contributed by atoms with E-state index in [9.17, 15) is 4.79 Å². The van der Waals surface area contributed by atoms with Gasteiger partial charge in [0.2, 0.25) is 5.91 Å². The summed E-state index contributed by atoms with van der Waals surface area (Å²) in [7, 11) is 0. The quantitative estimate of drug-likeness (QED) is 0.878. The third-order valence-electron chi connectivity index (χ3n) is 3.88. The van der Waals surface area contributed by atoms with Gasteiger partial charge in [0.05, 0.1) is 0 Å². The molecule has 1 N–H and O–H groups in total. The van der Waals surface area contributed by atoms with E-state index >= 15 is 0 Å². The van der Waals surface area contributed by atoms with E-state index < -0.39 is 0 Å². The van der Waals surface area contributed by atoms with Gasteiger partial charge in [-0.25, -0.2) is 0 Å². The van der Waals surface area contributed by atoms with E-state index in [0.29, 0.717) is 12.0 Å². The van der Waals surface area contributed by atoms with Gasteiger partial charge in [-0.2, -0.15) is 0 Å². The van der Waals surface area contributed by atoms with E-state index in [4.69, 9.17) is 0 Å². The van der Waals surface area contributed by atoms with Crippen LogP contribution in [0.25, 0.3) is 0 Å². The minimum absolute atomic E-state index is 0.163. The lowest BCUT2D eigenvalue weighted by Crippen LogP contribution is -2.30. The lowest BCUT2D eigenvalue weighted by Gasteiger charge is -2.27. The van der Waals surface area contributed by atoms with Crippen molar-refractivity contribution in [1.29, 1.82) is 0 Å². The SMILES string of the molecule is CCN(c1ccc(NC(=O)C2CC2C)cc1)C(C)C. The first-order valence-corrected chi connectivity index (χ1v) is 7.20. The van der Waals surface area contributed by atoms with E-state index in [1.54, 1.807) is 0 Å². The zero-order valence-electron chi connectivity index (χ0n) is 12.3. The van der Waals surface area contributed by atoms with Crippen LogP contribution in [-0.2, 0) is 4.79 Å². The molecule has 2 rings (SSSR count). The van der Waals surface area contributed by atoms with Crippen LogP contribution in [0.1, 0.15) is 34.1 Å². The molecule has 2 unspecified atom stereocenters. The highest BCUT2D eigenvalue weighted by Gasteiger charge is 2.38. The van der Waals surface area contributed by atoms with E-state index in [-0.39, 0.29) is 11.8 Å². The maximum Gasteiger partial charge on any atom is 0.227 e. The Bertz CT molecular complexity index is 439. The third-order valence-corrected chi connectivity index (χ3v) is 3.88. The van der Waals surface area contributed by atoms with Crippen LogP contribution in [0, 0.1) is 11.8 Å². The third kappa shape index (κ3) is 3.28. The van der Waals surface area contributed by atoms with E-state index in [2.05, 4.69) is 50.0 Å². The Hall–Kier alpha value is -1.51. The summed E-state index contributed by atoms with van der Waals surface area (Å²) in [5.41, 5.74) is 2.10. The molecule has 19 heavy (non-hydrogen) atoms. The molecule has 1 fully saturated rings. The van der Waals surface area contributed by atoms with E-state index in [1.807, 2.05) is 12.1 Å². The fourth-order valence-corrected chi connectivity index (χ4v) is 2.50. The normalized spacial score (nSPS) is 21.3. The maximum atomic E-state index is 11.8. The number of anilines is 2. The summed E-state index contributed by atoms with van der Waals surface area (Å²) in [6.07, 6.45) is 1.03. The fourth-order valence-electron chi connectivity index (χ4n) is 2.50. The van der Waals surface area contributed by atoms with Gasteiger partial charge in [-0.3, -0.25) is 4.79 Å². The number of carbonyl (C=O) groups excluding carboxylic acids is 1. The van der Waals surface area contributed by atoms with E-state index in [1.165, 1.54) is 5.69 Å². The molecule has 1 amide bonds. The van der Waals surface area contributed by atoms with Gasteiger partial charge in [0, 0.05) is 29.9 Å². The van der Waals surface area contributed by atoms with Gasteiger partial charge >= 0.3 is 0 Å². The van der Waals surface area contributed by atoms with Gasteiger partial charge in [-0.05, 0) is 57.4 Å². The fraction of sp³-hybridized carbons (Fsp3) is 0.562. The zero-order chi connectivity index (χ0) is 14.0. The van der Waals surface area contributed by atoms with Gasteiger partial charge in [0.1, 0.15) is 0 Å². The number of rotatable bonds is 5. The smallest absolute Gasteiger partial charge is 0.227 e. The van der Waals surface area contributed by atoms with Crippen LogP contribution in [-0.4, -0.2) is 18.5 Å². The highest BCUT2D eigenvalue weighted by molar-refractivity contribution is 5.94. The molecule has 0 aromatic heterocycles. The maximum absolute atomic E-state index is 11.8. The Kier molecular flexibility index (Phi) is 4.13. The summed E-state index contributed by atoms with van der Waals surface area (Å²) in [5, 5.41) is 2.99. The molecule has 0 aliphatic heterocycles. The van der Waals surface area contributed by atoms with Crippen molar-refractivity contribution in [2.24, 2.45) is 11.8 Å². The second kappa shape index (κ2) is 5.64. The molecule has 3 nitrogen and oxygen atoms in total. The summed E-state index contributed by atoms with van der Waals surface area (Å²) in [6, 6.07) is 8.62. The lowest BCUT2D eigenvalue weighted by atomic mass is 10.2. The number of carbonyl (C=O) groups is 1. The van der Waals surface area contributed by atoms with Crippen molar-refractivity contribution >= 4 is 17.3 Å². The number of amides is 1. The molecule has 0 bridgehead atoms. The molecule has 2 atom stereocenters. The summed E-state index contributed by atoms with van der Waals surface area (Å²) < 4.78 is 0. The largest absolute Gasteiger partial charge is 0.369 e. The molecule has 1 aromatic rings. The summed E-state index contributed by atoms with van der Waals surface area (Å²) in [6.45, 7) is 9.64. The van der Waals surface area contributed by atoms with Crippen molar-refractivity contribution in [1.82, 2.24) is 0 Å². The molecule has 0 spiro atoms. The standard InChI is InChI=1S/C16H24N2O/c1-5-18(11(2)3)14-8-6-13(7-9-14)17-16(19)15-10-12(15)4/h6-9,11-12,15H,5,10H2,1-4H3,(H,17,19). The molecule has 1 aliphatic carbocycles. The lowest BCUT2D eigenvalue weighted by molar-refractivity contribution is -0.117. The molecule has 1 aromatic carbocycles. The summed E-state index contributed by atoms with van der Waals surface area (Å²) >= 11 is 0. The molecule has 3 heteroatoms. The zero-order valence-corrected chi connectivity index (χ0v) is 12.3. The molecule has 0 saturated heterocycles. The molecule has 0 radical (unpaired) electrons. The highest BCUT2D eigenvalue weighted by Crippen LogP contribution is 2.38. The number of nitrogens with one attached hydrogen (secondary N) is 1. The van der Waals surface area contributed by atoms with Crippen molar-refractivity contribution in [3.05, 3.63) is 24.3 Å². The van der Waals surface area contributed by atoms with Gasteiger partial charge in [0.15, 0.2) is 0 Å². The molecule has 104 valence electrons. The van der Waals surface area contributed by atoms with Crippen molar-refractivity contribution in [3.8, 4) is 0 Å². The first kappa shape index (κ1) is 13.9. The topological polar surface area (TPSA) is 32.3 Å². The average molecular weight is 260 g/mol. The Labute approximate surface area is 116 Å². The molecular formula is C16H24N2O. The van der Waals surface area contributed by atoms with Gasteiger partial charge < -0.3 is 10.2 Å². The van der Waals surface area contributed by atoms with E-state index in [0.717, 1.165) is 18.7 Å². The van der Waals surface area contributed by atoms with Crippen molar-refractivity contribution in [2.45, 2.75) is 40.2 Å². The number of hydrogen-bond donors (Lipinski definition) is 1. The predicted molar refractivity (Wildman–Crippen MR) is 80.5 cm³/mol. The first-order chi connectivity index (χ1) is 9.02. The van der Waals surface area contributed by atoms with Crippen LogP contribution in [0.15, 0.2) is 24.3 Å². The number of nitrogens with zero attached hydrogens (tertiary/aromatic N) is 1. The van der Waals surface area contributed by atoms with Crippen LogP contribution in [0.4, 0.5) is 11.4 Å². The van der Waals surface area contributed by atoms with Crippen molar-refractivity contribution < 1.29 is 4.79 Å². The van der Waals surface area contributed by atoms with Crippen LogP contribution in [0.3, 0.4) is 0 Å². The second-order valence-electron chi connectivity index (χ2n) is 5.74. The summed E-state index contributed by atoms with van der Waals surface area (Å²) in [4.78, 5) is 14.2. The highest BCUT2D eigenvalue weighted by atomic mass is 16.2. The van der Waals surface area contributed by atoms with Crippen LogP contribution < -0.4 is 10.2 Å². The monoisotopic (exact) mass is 260 g/mol. The second-order valence-corrected chi connectivity index (χ2v) is 5.74. The Balaban J connectivity index is 1.99. The predicted octanol–water partition coefficient (Wildman–Crippen LogP) is 3.52. The Morgan fingerprint density at radius 3 is 2.37 bits per heavy atom. The number of hydrogen-bond acceptors (Lipinski definition) is 2. The first-order valence-electron chi connectivity index (χ1n) is 7.20. The Morgan fingerprint density at radius 1 is 1.37 bits per heavy atom. The van der Waals surface area contributed by atoms with Gasteiger partial charge in [-0.1, -0.05) is 6.92 Å². The molecule has 0 heterocycles. The average Bonchev–Trinajstić information content (AvgIpc) is 3.09. The van der Waals surface area contributed by atoms with Crippen molar-refractivity contribution in [3.63, 3.8) is 0 Å². The minimum atomic E-state index is 0.163. The molecular weight excluding hydrogens is 236 g/mol. The van der Waals surface area contributed by atoms with Crippen molar-refractivity contribution in [2.75, 3.05) is 16.8 Å². The van der Waals surface area contributed by atoms with Gasteiger partial charge in [0.25, 0.3) is 0 Å². The van der Waals surface area contributed by atoms with Crippen LogP contribution in [0.2, 0.25) is 0 Å². The van der Waals surface area contributed by atoms with Gasteiger partial charge in [-0.15, -0.1) is 0 Å². The summed E-state index contributed by atoms with van der Waals surface area (Å²) in [5.74, 6) is 0.940. The minimum Gasteiger partial charge on any atom is -0.369 e. The molecule has 1 aliphatic rings. The van der Waals surface area contributed by atoms with Crippen LogP contribution in [0.5, 0.6) is 0 Å². The van der Waals surface area contributed by atoms with Crippen LogP contribution >= 0.6 is 0 Å². The Morgan fingerprint density at radius 2 is 1.95 bits per heavy atom. The number of benzene rings is 1. The molecule has 1 saturated carbocycles.